The summed E-state index contributed by atoms with van der Waals surface area (Å²) in [4.78, 5) is 15.4. The van der Waals surface area contributed by atoms with E-state index in [4.69, 9.17) is 4.74 Å². The standard InChI is InChI=1S/C26H29N3O2/c1-31-24-15-9-8-14-22(24)23-18-27-16-17-29(23)19-25(30)28-26(20-10-4-2-5-11-20)21-12-6-3-7-13-21/h2-15,23,26-27H,16-19H2,1H3,(H,28,30)/t23-/m1/s1. The van der Waals surface area contributed by atoms with Crippen LogP contribution in [0.15, 0.2) is 84.9 Å². The Balaban J connectivity index is 1.52. The van der Waals surface area contributed by atoms with Crippen molar-refractivity contribution in [2.24, 2.45) is 0 Å². The van der Waals surface area contributed by atoms with E-state index in [2.05, 4.69) is 45.9 Å². The van der Waals surface area contributed by atoms with E-state index < -0.39 is 0 Å². The number of methoxy groups -OCH3 is 1. The second-order valence-corrected chi connectivity index (χ2v) is 7.75. The molecule has 3 aromatic carbocycles. The zero-order valence-corrected chi connectivity index (χ0v) is 17.8. The third-order valence-corrected chi connectivity index (χ3v) is 5.77. The van der Waals surface area contributed by atoms with Crippen molar-refractivity contribution >= 4 is 5.91 Å². The lowest BCUT2D eigenvalue weighted by Gasteiger charge is -2.36. The monoisotopic (exact) mass is 415 g/mol. The SMILES string of the molecule is COc1ccccc1[C@H]1CNCCN1CC(=O)NC(c1ccccc1)c1ccccc1. The van der Waals surface area contributed by atoms with Gasteiger partial charge in [0, 0.05) is 25.2 Å². The average Bonchev–Trinajstić information content (AvgIpc) is 2.84. The minimum atomic E-state index is -0.178. The van der Waals surface area contributed by atoms with Gasteiger partial charge in [-0.25, -0.2) is 0 Å². The number of benzene rings is 3. The molecule has 160 valence electrons. The minimum Gasteiger partial charge on any atom is -0.496 e. The number of para-hydroxylation sites is 1. The predicted molar refractivity (Wildman–Crippen MR) is 123 cm³/mol. The van der Waals surface area contributed by atoms with E-state index in [1.54, 1.807) is 7.11 Å². The quantitative estimate of drug-likeness (QED) is 0.620. The van der Waals surface area contributed by atoms with Gasteiger partial charge in [-0.1, -0.05) is 78.9 Å². The van der Waals surface area contributed by atoms with Crippen LogP contribution in [0.25, 0.3) is 0 Å². The van der Waals surface area contributed by atoms with E-state index in [0.29, 0.717) is 6.54 Å². The summed E-state index contributed by atoms with van der Waals surface area (Å²) in [5.74, 6) is 0.868. The Morgan fingerprint density at radius 1 is 1.00 bits per heavy atom. The van der Waals surface area contributed by atoms with Crippen LogP contribution >= 0.6 is 0 Å². The van der Waals surface area contributed by atoms with E-state index in [-0.39, 0.29) is 18.0 Å². The summed E-state index contributed by atoms with van der Waals surface area (Å²) in [7, 11) is 1.69. The first-order valence-corrected chi connectivity index (χ1v) is 10.7. The molecule has 1 heterocycles. The Bertz CT molecular complexity index is 939. The number of piperazine rings is 1. The van der Waals surface area contributed by atoms with Crippen LogP contribution in [0, 0.1) is 0 Å². The molecule has 0 unspecified atom stereocenters. The number of ether oxygens (including phenoxy) is 1. The lowest BCUT2D eigenvalue weighted by Crippen LogP contribution is -2.50. The lowest BCUT2D eigenvalue weighted by molar-refractivity contribution is -0.123. The maximum Gasteiger partial charge on any atom is 0.234 e. The Morgan fingerprint density at radius 2 is 1.61 bits per heavy atom. The molecule has 0 aromatic heterocycles. The van der Waals surface area contributed by atoms with Crippen molar-refractivity contribution in [1.29, 1.82) is 0 Å². The van der Waals surface area contributed by atoms with Crippen molar-refractivity contribution in [1.82, 2.24) is 15.5 Å². The fourth-order valence-corrected chi connectivity index (χ4v) is 4.23. The molecule has 4 rings (SSSR count). The summed E-state index contributed by atoms with van der Waals surface area (Å²) in [5.41, 5.74) is 3.25. The molecule has 0 spiro atoms. The molecule has 0 aliphatic carbocycles. The second kappa shape index (κ2) is 10.2. The minimum absolute atomic E-state index is 0.0134. The number of nitrogens with zero attached hydrogens (tertiary/aromatic N) is 1. The van der Waals surface area contributed by atoms with Gasteiger partial charge in [0.1, 0.15) is 5.75 Å². The molecule has 31 heavy (non-hydrogen) atoms. The van der Waals surface area contributed by atoms with Gasteiger partial charge in [-0.15, -0.1) is 0 Å². The molecule has 5 heteroatoms. The van der Waals surface area contributed by atoms with Crippen LogP contribution < -0.4 is 15.4 Å². The maximum atomic E-state index is 13.2. The zero-order valence-electron chi connectivity index (χ0n) is 17.8. The molecule has 1 saturated heterocycles. The van der Waals surface area contributed by atoms with E-state index in [1.807, 2.05) is 54.6 Å². The van der Waals surface area contributed by atoms with Crippen LogP contribution in [0.1, 0.15) is 28.8 Å². The maximum absolute atomic E-state index is 13.2. The number of rotatable bonds is 7. The number of hydrogen-bond donors (Lipinski definition) is 2. The van der Waals surface area contributed by atoms with Crippen molar-refractivity contribution in [3.8, 4) is 5.75 Å². The van der Waals surface area contributed by atoms with Crippen LogP contribution in [0.4, 0.5) is 0 Å². The second-order valence-electron chi connectivity index (χ2n) is 7.75. The number of carbonyl (C=O) groups is 1. The molecule has 5 nitrogen and oxygen atoms in total. The van der Waals surface area contributed by atoms with Crippen molar-refractivity contribution in [3.63, 3.8) is 0 Å². The van der Waals surface area contributed by atoms with Gasteiger partial charge >= 0.3 is 0 Å². The van der Waals surface area contributed by atoms with Crippen LogP contribution in [-0.4, -0.2) is 44.1 Å². The number of amides is 1. The van der Waals surface area contributed by atoms with Crippen LogP contribution in [0.2, 0.25) is 0 Å². The van der Waals surface area contributed by atoms with Gasteiger partial charge in [0.05, 0.1) is 25.7 Å². The van der Waals surface area contributed by atoms with E-state index >= 15 is 0 Å². The molecule has 0 saturated carbocycles. The Morgan fingerprint density at radius 3 is 2.26 bits per heavy atom. The molecule has 0 radical (unpaired) electrons. The highest BCUT2D eigenvalue weighted by Gasteiger charge is 2.28. The summed E-state index contributed by atoms with van der Waals surface area (Å²) in [6, 6.07) is 28.2. The normalized spacial score (nSPS) is 16.8. The van der Waals surface area contributed by atoms with Gasteiger partial charge in [-0.3, -0.25) is 9.69 Å². The topological polar surface area (TPSA) is 53.6 Å². The molecule has 1 aliphatic rings. The first kappa shape index (κ1) is 21.1. The number of hydrogen-bond acceptors (Lipinski definition) is 4. The average molecular weight is 416 g/mol. The van der Waals surface area contributed by atoms with Crippen molar-refractivity contribution in [2.75, 3.05) is 33.3 Å². The Kier molecular flexibility index (Phi) is 6.97. The van der Waals surface area contributed by atoms with Crippen molar-refractivity contribution in [2.45, 2.75) is 12.1 Å². The van der Waals surface area contributed by atoms with Gasteiger partial charge in [-0.2, -0.15) is 0 Å². The molecule has 1 fully saturated rings. The molecule has 1 atom stereocenters. The molecule has 1 aliphatic heterocycles. The fraction of sp³-hybridized carbons (Fsp3) is 0.269. The molecule has 3 aromatic rings. The van der Waals surface area contributed by atoms with Crippen molar-refractivity contribution < 1.29 is 9.53 Å². The first-order valence-electron chi connectivity index (χ1n) is 10.7. The molecule has 1 amide bonds. The molecular weight excluding hydrogens is 386 g/mol. The van der Waals surface area contributed by atoms with Crippen LogP contribution in [0.5, 0.6) is 5.75 Å². The van der Waals surface area contributed by atoms with Gasteiger partial charge in [0.15, 0.2) is 0 Å². The smallest absolute Gasteiger partial charge is 0.234 e. The van der Waals surface area contributed by atoms with E-state index in [0.717, 1.165) is 42.1 Å². The predicted octanol–water partition coefficient (Wildman–Crippen LogP) is 3.55. The summed E-state index contributed by atoms with van der Waals surface area (Å²) in [6.07, 6.45) is 0. The third kappa shape index (κ3) is 5.13. The zero-order chi connectivity index (χ0) is 21.5. The first-order chi connectivity index (χ1) is 15.3. The van der Waals surface area contributed by atoms with E-state index in [1.165, 1.54) is 0 Å². The highest BCUT2D eigenvalue weighted by molar-refractivity contribution is 5.79. The highest BCUT2D eigenvalue weighted by atomic mass is 16.5. The largest absolute Gasteiger partial charge is 0.496 e. The summed E-state index contributed by atoms with van der Waals surface area (Å²) >= 11 is 0. The third-order valence-electron chi connectivity index (χ3n) is 5.77. The van der Waals surface area contributed by atoms with Gasteiger partial charge in [0.2, 0.25) is 5.91 Å². The molecule has 0 bridgehead atoms. The summed E-state index contributed by atoms with van der Waals surface area (Å²) in [6.45, 7) is 2.78. The molecule has 2 N–H and O–H groups in total. The van der Waals surface area contributed by atoms with E-state index in [9.17, 15) is 4.79 Å². The van der Waals surface area contributed by atoms with Gasteiger partial charge < -0.3 is 15.4 Å². The number of nitrogens with one attached hydrogen (secondary N) is 2. The van der Waals surface area contributed by atoms with Gasteiger partial charge in [0.25, 0.3) is 0 Å². The van der Waals surface area contributed by atoms with Crippen LogP contribution in [0.3, 0.4) is 0 Å². The lowest BCUT2D eigenvalue weighted by atomic mass is 9.98. The van der Waals surface area contributed by atoms with Crippen LogP contribution in [-0.2, 0) is 4.79 Å². The van der Waals surface area contributed by atoms with Crippen molar-refractivity contribution in [3.05, 3.63) is 102 Å². The Hall–Kier alpha value is -3.15. The Labute approximate surface area is 184 Å². The number of carbonyl (C=O) groups excluding carboxylic acids is 1. The summed E-state index contributed by atoms with van der Waals surface area (Å²) in [5, 5.41) is 6.72. The van der Waals surface area contributed by atoms with Gasteiger partial charge in [-0.05, 0) is 17.2 Å². The molecular formula is C26H29N3O2. The summed E-state index contributed by atoms with van der Waals surface area (Å²) < 4.78 is 5.58. The fourth-order valence-electron chi connectivity index (χ4n) is 4.23. The highest BCUT2D eigenvalue weighted by Crippen LogP contribution is 2.30.